The van der Waals surface area contributed by atoms with Gasteiger partial charge in [0.1, 0.15) is 6.73 Å². The van der Waals surface area contributed by atoms with E-state index >= 15 is 0 Å². The van der Waals surface area contributed by atoms with Gasteiger partial charge in [-0.25, -0.2) is 9.59 Å². The number of halogens is 1. The Balaban J connectivity index is -0.000000119. The zero-order valence-corrected chi connectivity index (χ0v) is 14.6. The lowest BCUT2D eigenvalue weighted by Crippen LogP contribution is -2.20. The Morgan fingerprint density at radius 2 is 1.58 bits per heavy atom. The van der Waals surface area contributed by atoms with E-state index in [4.69, 9.17) is 21.8 Å². The molecule has 0 spiro atoms. The van der Waals surface area contributed by atoms with E-state index < -0.39 is 5.97 Å². The molecule has 0 heterocycles. The lowest BCUT2D eigenvalue weighted by atomic mass is 10.4. The largest absolute Gasteiger partial charge is 0.478 e. The van der Waals surface area contributed by atoms with Crippen molar-refractivity contribution < 1.29 is 29.3 Å². The number of unbranched alkanes of at least 4 members (excludes halogenated alkanes) is 1. The van der Waals surface area contributed by atoms with Crippen LogP contribution in [0.3, 0.4) is 0 Å². The number of nitrogens with one attached hydrogen (secondary N) is 1. The third-order valence-electron chi connectivity index (χ3n) is 1.52. The highest BCUT2D eigenvalue weighted by Crippen LogP contribution is 1.88. The number of rotatable bonds is 7. The van der Waals surface area contributed by atoms with Gasteiger partial charge in [-0.3, -0.25) is 4.79 Å². The highest BCUT2D eigenvalue weighted by molar-refractivity contribution is 6.25. The number of carboxylic acids is 1. The molecular formula is C16H26ClNO6. The normalized spacial score (nSPS) is 7.29. The summed E-state index contributed by atoms with van der Waals surface area (Å²) in [4.78, 5) is 29.6. The Labute approximate surface area is 148 Å². The van der Waals surface area contributed by atoms with E-state index in [0.29, 0.717) is 6.61 Å². The van der Waals surface area contributed by atoms with E-state index in [1.54, 1.807) is 0 Å². The second kappa shape index (κ2) is 28.7. The van der Waals surface area contributed by atoms with Gasteiger partial charge in [0.15, 0.2) is 0 Å². The van der Waals surface area contributed by atoms with Gasteiger partial charge in [0, 0.05) is 12.2 Å². The third kappa shape index (κ3) is 50.4. The summed E-state index contributed by atoms with van der Waals surface area (Å²) in [6.45, 7) is 14.7. The highest BCUT2D eigenvalue weighted by Gasteiger charge is 1.91. The summed E-state index contributed by atoms with van der Waals surface area (Å²) in [5.74, 6) is -1.67. The number of amides is 1. The predicted molar refractivity (Wildman–Crippen MR) is 95.4 cm³/mol. The third-order valence-corrected chi connectivity index (χ3v) is 1.52. The standard InChI is InChI=1S/C7H12O2.C4H7NO2.C3H4O2.C2H3Cl/c1-3-5-6-9-7(8)4-2;1-2-4(7)5-3-6;1-2-3(4)5;1-2-3/h4H,2-3,5-6H2,1H3;2,6H,1,3H2,(H,5,7);2H,1H2,(H,4,5);2H,1H2. The van der Waals surface area contributed by atoms with Crippen molar-refractivity contribution in [2.24, 2.45) is 0 Å². The zero-order valence-electron chi connectivity index (χ0n) is 13.9. The molecule has 1 amide bonds. The summed E-state index contributed by atoms with van der Waals surface area (Å²) < 4.78 is 4.67. The molecule has 0 aromatic rings. The molecule has 0 saturated heterocycles. The lowest BCUT2D eigenvalue weighted by molar-refractivity contribution is -0.138. The number of hydrogen-bond donors (Lipinski definition) is 3. The molecule has 0 atom stereocenters. The monoisotopic (exact) mass is 363 g/mol. The summed E-state index contributed by atoms with van der Waals surface area (Å²) in [5, 5.41) is 17.7. The number of carboxylic acid groups (broad SMARTS) is 1. The Bertz CT molecular complexity index is 383. The molecule has 0 rings (SSSR count). The van der Waals surface area contributed by atoms with Crippen molar-refractivity contribution in [3.63, 3.8) is 0 Å². The van der Waals surface area contributed by atoms with E-state index in [1.165, 1.54) is 11.6 Å². The molecule has 0 bridgehead atoms. The van der Waals surface area contributed by atoms with Gasteiger partial charge >= 0.3 is 11.9 Å². The molecule has 0 unspecified atom stereocenters. The van der Waals surface area contributed by atoms with Crippen LogP contribution in [0, 0.1) is 0 Å². The number of carbonyl (C=O) groups is 3. The van der Waals surface area contributed by atoms with Crippen molar-refractivity contribution in [3.05, 3.63) is 50.1 Å². The molecule has 0 aromatic carbocycles. The molecule has 24 heavy (non-hydrogen) atoms. The number of ether oxygens (including phenoxy) is 1. The summed E-state index contributed by atoms with van der Waals surface area (Å²) in [6, 6.07) is 0. The van der Waals surface area contributed by atoms with Gasteiger partial charge in [-0.2, -0.15) is 0 Å². The maximum absolute atomic E-state index is 10.3. The number of aliphatic carboxylic acids is 1. The van der Waals surface area contributed by atoms with Crippen molar-refractivity contribution in [2.75, 3.05) is 13.3 Å². The number of esters is 1. The first-order valence-electron chi connectivity index (χ1n) is 6.67. The molecule has 3 N–H and O–H groups in total. The molecule has 0 aliphatic carbocycles. The second-order valence-electron chi connectivity index (χ2n) is 3.33. The number of aliphatic hydroxyl groups is 1. The van der Waals surface area contributed by atoms with Crippen LogP contribution < -0.4 is 5.32 Å². The molecule has 0 aromatic heterocycles. The Morgan fingerprint density at radius 3 is 1.79 bits per heavy atom. The van der Waals surface area contributed by atoms with Gasteiger partial charge in [0.05, 0.1) is 6.61 Å². The average molecular weight is 364 g/mol. The molecular weight excluding hydrogens is 338 g/mol. The molecule has 0 radical (unpaired) electrons. The Kier molecular flexibility index (Phi) is 35.5. The first-order valence-corrected chi connectivity index (χ1v) is 7.11. The van der Waals surface area contributed by atoms with Crippen molar-refractivity contribution in [3.8, 4) is 0 Å². The van der Waals surface area contributed by atoms with E-state index in [1.807, 2.05) is 6.92 Å². The van der Waals surface area contributed by atoms with Gasteiger partial charge in [-0.05, 0) is 18.0 Å². The minimum Gasteiger partial charge on any atom is -0.478 e. The van der Waals surface area contributed by atoms with Crippen molar-refractivity contribution in [1.82, 2.24) is 5.32 Å². The summed E-state index contributed by atoms with van der Waals surface area (Å²) >= 11 is 4.76. The van der Waals surface area contributed by atoms with Gasteiger partial charge in [-0.15, -0.1) is 0 Å². The summed E-state index contributed by atoms with van der Waals surface area (Å²) in [5.41, 5.74) is 1.22. The van der Waals surface area contributed by atoms with E-state index in [2.05, 4.69) is 36.4 Å². The van der Waals surface area contributed by atoms with E-state index in [9.17, 15) is 14.4 Å². The van der Waals surface area contributed by atoms with Crippen LogP contribution in [0.25, 0.3) is 0 Å². The second-order valence-corrected chi connectivity index (χ2v) is 3.63. The van der Waals surface area contributed by atoms with Crippen molar-refractivity contribution in [1.29, 1.82) is 0 Å². The van der Waals surface area contributed by atoms with Crippen molar-refractivity contribution in [2.45, 2.75) is 19.8 Å². The average Bonchev–Trinajstić information content (AvgIpc) is 2.56. The van der Waals surface area contributed by atoms with Crippen molar-refractivity contribution >= 4 is 29.4 Å². The van der Waals surface area contributed by atoms with Crippen LogP contribution in [0.15, 0.2) is 50.1 Å². The van der Waals surface area contributed by atoms with Gasteiger partial charge in [0.25, 0.3) is 0 Å². The fourth-order valence-corrected chi connectivity index (χ4v) is 0.526. The van der Waals surface area contributed by atoms with Gasteiger partial charge in [-0.1, -0.05) is 51.3 Å². The summed E-state index contributed by atoms with van der Waals surface area (Å²) in [6.07, 6.45) is 5.08. The molecule has 8 heteroatoms. The minimum atomic E-state index is -0.981. The molecule has 0 aliphatic heterocycles. The molecule has 7 nitrogen and oxygen atoms in total. The van der Waals surface area contributed by atoms with E-state index in [-0.39, 0.29) is 18.6 Å². The quantitative estimate of drug-likeness (QED) is 0.277. The van der Waals surface area contributed by atoms with Crippen LogP contribution in [0.1, 0.15) is 19.8 Å². The molecule has 0 aliphatic rings. The zero-order chi connectivity index (χ0) is 19.8. The maximum Gasteiger partial charge on any atom is 0.330 e. The summed E-state index contributed by atoms with van der Waals surface area (Å²) in [7, 11) is 0. The fraction of sp³-hybridized carbons (Fsp3) is 0.312. The van der Waals surface area contributed by atoms with E-state index in [0.717, 1.165) is 25.0 Å². The Hall–Kier alpha value is -2.38. The fourth-order valence-electron chi connectivity index (χ4n) is 0.526. The minimum absolute atomic E-state index is 0.329. The van der Waals surface area contributed by atoms with Crippen LogP contribution in [0.2, 0.25) is 0 Å². The number of carbonyl (C=O) groups excluding carboxylic acids is 2. The molecule has 0 fully saturated rings. The molecule has 138 valence electrons. The number of hydrogen-bond acceptors (Lipinski definition) is 5. The van der Waals surface area contributed by atoms with Crippen LogP contribution in [-0.4, -0.2) is 41.4 Å². The first kappa shape index (κ1) is 29.6. The number of aliphatic hydroxyl groups excluding tert-OH is 1. The maximum atomic E-state index is 10.3. The van der Waals surface area contributed by atoms with Crippen LogP contribution in [-0.2, 0) is 19.1 Å². The smallest absolute Gasteiger partial charge is 0.330 e. The first-order chi connectivity index (χ1) is 11.3. The predicted octanol–water partition coefficient (Wildman–Crippen LogP) is 2.38. The molecule has 0 saturated carbocycles. The van der Waals surface area contributed by atoms with Crippen LogP contribution >= 0.6 is 11.6 Å². The topological polar surface area (TPSA) is 113 Å². The SMILES string of the molecule is C=CC(=O)NCO.C=CC(=O)O.C=CC(=O)OCCCC.C=CCl. The van der Waals surface area contributed by atoms with Gasteiger partial charge < -0.3 is 20.3 Å². The Morgan fingerprint density at radius 1 is 1.12 bits per heavy atom. The highest BCUT2D eigenvalue weighted by atomic mass is 35.5. The van der Waals surface area contributed by atoms with Crippen LogP contribution in [0.4, 0.5) is 0 Å². The van der Waals surface area contributed by atoms with Crippen LogP contribution in [0.5, 0.6) is 0 Å². The van der Waals surface area contributed by atoms with Gasteiger partial charge in [0.2, 0.25) is 5.91 Å². The lowest BCUT2D eigenvalue weighted by Gasteiger charge is -1.97.